The molecule has 0 bridgehead atoms. The van der Waals surface area contributed by atoms with Gasteiger partial charge in [-0.15, -0.1) is 0 Å². The molecule has 1 heterocycles. The second kappa shape index (κ2) is 8.81. The van der Waals surface area contributed by atoms with Gasteiger partial charge < -0.3 is 4.90 Å². The van der Waals surface area contributed by atoms with E-state index in [0.29, 0.717) is 32.5 Å². The SMILES string of the molecule is CCCN(Cc1ccc(C)cc1)C(=O)C1CCN(S(=O)(=O)CC)CC1. The minimum atomic E-state index is -3.15. The van der Waals surface area contributed by atoms with Crippen LogP contribution in [0, 0.1) is 12.8 Å². The molecule has 1 aromatic carbocycles. The number of nitrogens with zero attached hydrogens (tertiary/aromatic N) is 2. The second-order valence-corrected chi connectivity index (χ2v) is 9.08. The van der Waals surface area contributed by atoms with Crippen molar-refractivity contribution in [2.45, 2.75) is 46.6 Å². The van der Waals surface area contributed by atoms with E-state index in [4.69, 9.17) is 0 Å². The zero-order valence-electron chi connectivity index (χ0n) is 15.6. The summed E-state index contributed by atoms with van der Waals surface area (Å²) in [7, 11) is -3.15. The first kappa shape index (κ1) is 19.9. The number of carbonyl (C=O) groups excluding carboxylic acids is 1. The monoisotopic (exact) mass is 366 g/mol. The van der Waals surface area contributed by atoms with E-state index in [2.05, 4.69) is 38.1 Å². The van der Waals surface area contributed by atoms with E-state index in [1.54, 1.807) is 6.92 Å². The average Bonchev–Trinajstić information content (AvgIpc) is 2.62. The van der Waals surface area contributed by atoms with Crippen molar-refractivity contribution >= 4 is 15.9 Å². The molecule has 0 radical (unpaired) electrons. The maximum absolute atomic E-state index is 12.9. The Morgan fingerprint density at radius 1 is 1.16 bits per heavy atom. The Kier molecular flexibility index (Phi) is 7.02. The highest BCUT2D eigenvalue weighted by Crippen LogP contribution is 2.23. The standard InChI is InChI=1S/C19H30N2O3S/c1-4-12-20(15-17-8-6-16(3)7-9-17)19(22)18-10-13-21(14-11-18)25(23,24)5-2/h6-9,18H,4-5,10-15H2,1-3H3. The van der Waals surface area contributed by atoms with Gasteiger partial charge in [-0.2, -0.15) is 0 Å². The summed E-state index contributed by atoms with van der Waals surface area (Å²) in [5, 5.41) is 0. The lowest BCUT2D eigenvalue weighted by Gasteiger charge is -2.33. The fourth-order valence-electron chi connectivity index (χ4n) is 3.27. The predicted molar refractivity (Wildman–Crippen MR) is 101 cm³/mol. The van der Waals surface area contributed by atoms with Gasteiger partial charge in [0.2, 0.25) is 15.9 Å². The number of aryl methyl sites for hydroxylation is 1. The molecular formula is C19H30N2O3S. The molecule has 1 fully saturated rings. The Morgan fingerprint density at radius 3 is 2.28 bits per heavy atom. The first-order valence-corrected chi connectivity index (χ1v) is 10.8. The van der Waals surface area contributed by atoms with Crippen LogP contribution in [0.15, 0.2) is 24.3 Å². The highest BCUT2D eigenvalue weighted by Gasteiger charge is 2.32. The van der Waals surface area contributed by atoms with E-state index in [9.17, 15) is 13.2 Å². The van der Waals surface area contributed by atoms with Crippen LogP contribution in [0.3, 0.4) is 0 Å². The van der Waals surface area contributed by atoms with Crippen LogP contribution in [0.1, 0.15) is 44.2 Å². The summed E-state index contributed by atoms with van der Waals surface area (Å²) in [5.74, 6) is 0.220. The normalized spacial score (nSPS) is 16.8. The van der Waals surface area contributed by atoms with E-state index in [-0.39, 0.29) is 17.6 Å². The molecular weight excluding hydrogens is 336 g/mol. The molecule has 2 rings (SSSR count). The topological polar surface area (TPSA) is 57.7 Å². The Balaban J connectivity index is 1.99. The largest absolute Gasteiger partial charge is 0.338 e. The first-order chi connectivity index (χ1) is 11.9. The molecule has 0 saturated carbocycles. The molecule has 5 nitrogen and oxygen atoms in total. The predicted octanol–water partition coefficient (Wildman–Crippen LogP) is 2.80. The number of amides is 1. The Bertz CT molecular complexity index is 662. The van der Waals surface area contributed by atoms with Crippen molar-refractivity contribution in [2.75, 3.05) is 25.4 Å². The summed E-state index contributed by atoms with van der Waals surface area (Å²) in [6.45, 7) is 8.06. The molecule has 0 aliphatic carbocycles. The van der Waals surface area contributed by atoms with Gasteiger partial charge in [0.1, 0.15) is 0 Å². The number of hydrogen-bond donors (Lipinski definition) is 0. The van der Waals surface area contributed by atoms with Gasteiger partial charge in [0.15, 0.2) is 0 Å². The van der Waals surface area contributed by atoms with Crippen molar-refractivity contribution in [1.29, 1.82) is 0 Å². The molecule has 1 saturated heterocycles. The molecule has 140 valence electrons. The number of benzene rings is 1. The van der Waals surface area contributed by atoms with Crippen molar-refractivity contribution in [3.8, 4) is 0 Å². The minimum Gasteiger partial charge on any atom is -0.338 e. The van der Waals surface area contributed by atoms with Crippen molar-refractivity contribution < 1.29 is 13.2 Å². The van der Waals surface area contributed by atoms with Crippen molar-refractivity contribution in [3.05, 3.63) is 35.4 Å². The Labute approximate surface area is 152 Å². The lowest BCUT2D eigenvalue weighted by molar-refractivity contribution is -0.137. The highest BCUT2D eigenvalue weighted by atomic mass is 32.2. The Morgan fingerprint density at radius 2 is 1.76 bits per heavy atom. The molecule has 25 heavy (non-hydrogen) atoms. The fraction of sp³-hybridized carbons (Fsp3) is 0.632. The smallest absolute Gasteiger partial charge is 0.226 e. The molecule has 6 heteroatoms. The fourth-order valence-corrected chi connectivity index (χ4v) is 4.40. The van der Waals surface area contributed by atoms with Crippen LogP contribution >= 0.6 is 0 Å². The molecule has 0 unspecified atom stereocenters. The zero-order chi connectivity index (χ0) is 18.4. The highest BCUT2D eigenvalue weighted by molar-refractivity contribution is 7.89. The third kappa shape index (κ3) is 5.28. The number of rotatable bonds is 7. The summed E-state index contributed by atoms with van der Waals surface area (Å²) < 4.78 is 25.5. The molecule has 1 aliphatic rings. The van der Waals surface area contributed by atoms with Gasteiger partial charge in [0.25, 0.3) is 0 Å². The quantitative estimate of drug-likeness (QED) is 0.746. The number of carbonyl (C=O) groups is 1. The van der Waals surface area contributed by atoms with Crippen LogP contribution in [0.4, 0.5) is 0 Å². The summed E-state index contributed by atoms with van der Waals surface area (Å²) in [6, 6.07) is 8.28. The summed E-state index contributed by atoms with van der Waals surface area (Å²) >= 11 is 0. The van der Waals surface area contributed by atoms with Crippen LogP contribution in [0.2, 0.25) is 0 Å². The van der Waals surface area contributed by atoms with Crippen molar-refractivity contribution in [2.24, 2.45) is 5.92 Å². The summed E-state index contributed by atoms with van der Waals surface area (Å²) in [4.78, 5) is 14.9. The molecule has 1 amide bonds. The second-order valence-electron chi connectivity index (χ2n) is 6.82. The van der Waals surface area contributed by atoms with Crippen LogP contribution in [-0.4, -0.2) is 48.9 Å². The van der Waals surface area contributed by atoms with Crippen molar-refractivity contribution in [1.82, 2.24) is 9.21 Å². The van der Waals surface area contributed by atoms with Crippen LogP contribution in [0.5, 0.6) is 0 Å². The molecule has 0 spiro atoms. The van der Waals surface area contributed by atoms with Gasteiger partial charge >= 0.3 is 0 Å². The van der Waals surface area contributed by atoms with Gasteiger partial charge in [0.05, 0.1) is 5.75 Å². The van der Waals surface area contributed by atoms with Crippen molar-refractivity contribution in [3.63, 3.8) is 0 Å². The number of piperidine rings is 1. The molecule has 1 aromatic rings. The van der Waals surface area contributed by atoms with E-state index in [1.807, 2.05) is 4.90 Å². The number of sulfonamides is 1. The van der Waals surface area contributed by atoms with Gasteiger partial charge in [0, 0.05) is 32.1 Å². The molecule has 0 aromatic heterocycles. The molecule has 0 atom stereocenters. The summed E-state index contributed by atoms with van der Waals surface area (Å²) in [6.07, 6.45) is 2.15. The van der Waals surface area contributed by atoms with E-state index in [0.717, 1.165) is 18.5 Å². The Hall–Kier alpha value is -1.40. The maximum Gasteiger partial charge on any atom is 0.226 e. The third-order valence-corrected chi connectivity index (χ3v) is 6.74. The lowest BCUT2D eigenvalue weighted by Crippen LogP contribution is -2.44. The van der Waals surface area contributed by atoms with Crippen LogP contribution in [0.25, 0.3) is 0 Å². The summed E-state index contributed by atoms with van der Waals surface area (Å²) in [5.41, 5.74) is 2.35. The zero-order valence-corrected chi connectivity index (χ0v) is 16.4. The van der Waals surface area contributed by atoms with Crippen LogP contribution in [-0.2, 0) is 21.4 Å². The molecule has 0 N–H and O–H groups in total. The van der Waals surface area contributed by atoms with Crippen LogP contribution < -0.4 is 0 Å². The molecule has 1 aliphatic heterocycles. The lowest BCUT2D eigenvalue weighted by atomic mass is 9.96. The minimum absolute atomic E-state index is 0.0692. The average molecular weight is 367 g/mol. The van der Waals surface area contributed by atoms with Gasteiger partial charge in [-0.25, -0.2) is 12.7 Å². The van der Waals surface area contributed by atoms with Gasteiger partial charge in [-0.05, 0) is 38.7 Å². The third-order valence-electron chi connectivity index (χ3n) is 4.86. The van der Waals surface area contributed by atoms with Gasteiger partial charge in [-0.3, -0.25) is 4.79 Å². The maximum atomic E-state index is 12.9. The van der Waals surface area contributed by atoms with E-state index >= 15 is 0 Å². The first-order valence-electron chi connectivity index (χ1n) is 9.19. The van der Waals surface area contributed by atoms with E-state index in [1.165, 1.54) is 9.87 Å². The number of hydrogen-bond acceptors (Lipinski definition) is 3. The van der Waals surface area contributed by atoms with E-state index < -0.39 is 10.0 Å². The van der Waals surface area contributed by atoms with Gasteiger partial charge in [-0.1, -0.05) is 36.8 Å².